The van der Waals surface area contributed by atoms with E-state index in [0.717, 1.165) is 18.4 Å². The molecule has 0 spiro atoms. The van der Waals surface area contributed by atoms with Crippen LogP contribution >= 0.6 is 11.5 Å². The molecule has 3 amide bonds. The molecule has 0 bridgehead atoms. The van der Waals surface area contributed by atoms with Crippen molar-refractivity contribution in [3.05, 3.63) is 76.0 Å². The molecule has 1 aromatic heterocycles. The van der Waals surface area contributed by atoms with Crippen LogP contribution in [0.3, 0.4) is 0 Å². The number of ether oxygens (including phenoxy) is 1. The number of hydrogen-bond acceptors (Lipinski definition) is 7. The van der Waals surface area contributed by atoms with Gasteiger partial charge in [-0.3, -0.25) is 19.3 Å². The number of nitrogens with one attached hydrogen (secondary N) is 1. The van der Waals surface area contributed by atoms with Crippen molar-refractivity contribution in [3.63, 3.8) is 0 Å². The predicted molar refractivity (Wildman–Crippen MR) is 134 cm³/mol. The van der Waals surface area contributed by atoms with Crippen molar-refractivity contribution in [1.82, 2.24) is 9.69 Å². The van der Waals surface area contributed by atoms with Gasteiger partial charge in [0.1, 0.15) is 16.7 Å². The van der Waals surface area contributed by atoms with Crippen LogP contribution in [-0.4, -0.2) is 41.4 Å². The molecule has 9 nitrogen and oxygen atoms in total. The SMILES string of the molecule is Cc1ccc([C@H](C(=O)NC[C@@H]2CCCO2)N(C(=O)c2snc(C(N)=O)c2N)c2ccc(F)cc2)cc1. The van der Waals surface area contributed by atoms with Gasteiger partial charge in [0, 0.05) is 18.8 Å². The van der Waals surface area contributed by atoms with Gasteiger partial charge in [0.25, 0.3) is 11.8 Å². The number of nitrogens with two attached hydrogens (primary N) is 2. The fraction of sp³-hybridized carbons (Fsp3) is 0.280. The van der Waals surface area contributed by atoms with Crippen molar-refractivity contribution >= 4 is 40.6 Å². The van der Waals surface area contributed by atoms with Gasteiger partial charge in [-0.15, -0.1) is 0 Å². The maximum Gasteiger partial charge on any atom is 0.273 e. The van der Waals surface area contributed by atoms with Crippen molar-refractivity contribution in [3.8, 4) is 0 Å². The van der Waals surface area contributed by atoms with Crippen LogP contribution in [0, 0.1) is 12.7 Å². The largest absolute Gasteiger partial charge is 0.395 e. The molecule has 11 heteroatoms. The third kappa shape index (κ3) is 5.37. The summed E-state index contributed by atoms with van der Waals surface area (Å²) in [4.78, 5) is 40.4. The van der Waals surface area contributed by atoms with Gasteiger partial charge < -0.3 is 21.5 Å². The van der Waals surface area contributed by atoms with Gasteiger partial charge in [-0.1, -0.05) is 29.8 Å². The maximum absolute atomic E-state index is 13.9. The zero-order valence-electron chi connectivity index (χ0n) is 19.6. The molecule has 1 aliphatic rings. The number of carbonyl (C=O) groups excluding carboxylic acids is 3. The molecule has 1 aliphatic heterocycles. The summed E-state index contributed by atoms with van der Waals surface area (Å²) in [5.41, 5.74) is 12.7. The molecular weight excluding hydrogens is 485 g/mol. The summed E-state index contributed by atoms with van der Waals surface area (Å²) in [6.45, 7) is 2.82. The lowest BCUT2D eigenvalue weighted by molar-refractivity contribution is -0.123. The average molecular weight is 512 g/mol. The number of nitrogens with zero attached hydrogens (tertiary/aromatic N) is 2. The highest BCUT2D eigenvalue weighted by molar-refractivity contribution is 7.09. The van der Waals surface area contributed by atoms with E-state index in [1.165, 1.54) is 29.2 Å². The Morgan fingerprint density at radius 1 is 1.19 bits per heavy atom. The van der Waals surface area contributed by atoms with E-state index in [2.05, 4.69) is 9.69 Å². The second kappa shape index (κ2) is 10.8. The molecular formula is C25H26FN5O4S. The summed E-state index contributed by atoms with van der Waals surface area (Å²) in [6, 6.07) is 11.2. The summed E-state index contributed by atoms with van der Waals surface area (Å²) < 4.78 is 23.3. The monoisotopic (exact) mass is 511 g/mol. The summed E-state index contributed by atoms with van der Waals surface area (Å²) in [5.74, 6) is -2.51. The Morgan fingerprint density at radius 3 is 2.47 bits per heavy atom. The Kier molecular flexibility index (Phi) is 7.61. The Bertz CT molecular complexity index is 1260. The van der Waals surface area contributed by atoms with Gasteiger partial charge >= 0.3 is 0 Å². The quantitative estimate of drug-likeness (QED) is 0.425. The number of amides is 3. The Labute approximate surface area is 211 Å². The van der Waals surface area contributed by atoms with E-state index in [1.807, 2.05) is 19.1 Å². The van der Waals surface area contributed by atoms with E-state index in [4.69, 9.17) is 16.2 Å². The van der Waals surface area contributed by atoms with E-state index in [-0.39, 0.29) is 34.6 Å². The molecule has 5 N–H and O–H groups in total. The zero-order valence-corrected chi connectivity index (χ0v) is 20.4. The molecule has 0 radical (unpaired) electrons. The van der Waals surface area contributed by atoms with Crippen LogP contribution in [0.2, 0.25) is 0 Å². The van der Waals surface area contributed by atoms with Crippen LogP contribution in [0.15, 0.2) is 48.5 Å². The molecule has 1 saturated heterocycles. The molecule has 2 atom stereocenters. The number of primary amides is 1. The summed E-state index contributed by atoms with van der Waals surface area (Å²) in [7, 11) is 0. The number of benzene rings is 2. The van der Waals surface area contributed by atoms with Gasteiger partial charge in [0.05, 0.1) is 11.8 Å². The third-order valence-electron chi connectivity index (χ3n) is 5.91. The Hall–Kier alpha value is -3.83. The minimum Gasteiger partial charge on any atom is -0.395 e. The summed E-state index contributed by atoms with van der Waals surface area (Å²) >= 11 is 0.706. The van der Waals surface area contributed by atoms with Crippen LogP contribution < -0.4 is 21.7 Å². The van der Waals surface area contributed by atoms with Gasteiger partial charge in [0.15, 0.2) is 5.69 Å². The highest BCUT2D eigenvalue weighted by atomic mass is 32.1. The number of carbonyl (C=O) groups is 3. The Morgan fingerprint density at radius 2 is 1.89 bits per heavy atom. The number of anilines is 2. The van der Waals surface area contributed by atoms with Gasteiger partial charge in [0.2, 0.25) is 5.91 Å². The molecule has 1 fully saturated rings. The lowest BCUT2D eigenvalue weighted by Crippen LogP contribution is -2.45. The summed E-state index contributed by atoms with van der Waals surface area (Å²) in [5, 5.41) is 2.89. The number of aryl methyl sites for hydroxylation is 1. The van der Waals surface area contributed by atoms with Crippen molar-refractivity contribution in [2.24, 2.45) is 5.73 Å². The highest BCUT2D eigenvalue weighted by Crippen LogP contribution is 2.33. The first-order chi connectivity index (χ1) is 17.3. The Balaban J connectivity index is 1.79. The first kappa shape index (κ1) is 25.3. The van der Waals surface area contributed by atoms with E-state index >= 15 is 0 Å². The molecule has 0 unspecified atom stereocenters. The van der Waals surface area contributed by atoms with E-state index in [1.54, 1.807) is 12.1 Å². The first-order valence-electron chi connectivity index (χ1n) is 11.4. The van der Waals surface area contributed by atoms with Crippen LogP contribution in [-0.2, 0) is 9.53 Å². The van der Waals surface area contributed by atoms with Crippen LogP contribution in [0.1, 0.15) is 50.2 Å². The zero-order chi connectivity index (χ0) is 25.8. The molecule has 2 aromatic carbocycles. The lowest BCUT2D eigenvalue weighted by Gasteiger charge is -2.31. The molecule has 3 aromatic rings. The lowest BCUT2D eigenvalue weighted by atomic mass is 10.0. The molecule has 36 heavy (non-hydrogen) atoms. The highest BCUT2D eigenvalue weighted by Gasteiger charge is 2.36. The maximum atomic E-state index is 13.9. The van der Waals surface area contributed by atoms with Crippen molar-refractivity contribution in [2.75, 3.05) is 23.8 Å². The third-order valence-corrected chi connectivity index (χ3v) is 6.76. The predicted octanol–water partition coefficient (Wildman–Crippen LogP) is 2.96. The summed E-state index contributed by atoms with van der Waals surface area (Å²) in [6.07, 6.45) is 1.62. The first-order valence-corrected chi connectivity index (χ1v) is 12.1. The standard InChI is InChI=1S/C25H26FN5O4S/c1-14-4-6-15(7-5-14)21(24(33)29-13-18-3-2-12-35-18)31(17-10-8-16(26)9-11-17)25(34)22-19(27)20(23(28)32)30-36-22/h4-11,18,21H,2-3,12-13,27H2,1H3,(H2,28,32)(H,29,33)/t18-,21+/m0/s1. The number of aromatic nitrogens is 1. The van der Waals surface area contributed by atoms with Crippen molar-refractivity contribution in [2.45, 2.75) is 31.9 Å². The fourth-order valence-electron chi connectivity index (χ4n) is 4.01. The fourth-order valence-corrected chi connectivity index (χ4v) is 4.75. The smallest absolute Gasteiger partial charge is 0.273 e. The van der Waals surface area contributed by atoms with Crippen molar-refractivity contribution in [1.29, 1.82) is 0 Å². The topological polar surface area (TPSA) is 141 Å². The molecule has 0 aliphatic carbocycles. The minimum absolute atomic E-state index is 0.0582. The van der Waals surface area contributed by atoms with Crippen LogP contribution in [0.4, 0.5) is 15.8 Å². The van der Waals surface area contributed by atoms with E-state index in [9.17, 15) is 18.8 Å². The second-order valence-electron chi connectivity index (χ2n) is 8.48. The normalized spacial score (nSPS) is 15.9. The van der Waals surface area contributed by atoms with E-state index in [0.29, 0.717) is 23.7 Å². The molecule has 188 valence electrons. The van der Waals surface area contributed by atoms with Crippen LogP contribution in [0.5, 0.6) is 0 Å². The number of halogens is 1. The van der Waals surface area contributed by atoms with Gasteiger partial charge in [-0.2, -0.15) is 4.37 Å². The minimum atomic E-state index is -1.14. The molecule has 0 saturated carbocycles. The van der Waals surface area contributed by atoms with E-state index < -0.39 is 29.6 Å². The second-order valence-corrected chi connectivity index (χ2v) is 9.26. The average Bonchev–Trinajstić information content (AvgIpc) is 3.52. The number of hydrogen-bond donors (Lipinski definition) is 3. The van der Waals surface area contributed by atoms with Crippen LogP contribution in [0.25, 0.3) is 0 Å². The number of rotatable bonds is 8. The van der Waals surface area contributed by atoms with Gasteiger partial charge in [-0.25, -0.2) is 4.39 Å². The van der Waals surface area contributed by atoms with Crippen molar-refractivity contribution < 1.29 is 23.5 Å². The van der Waals surface area contributed by atoms with Gasteiger partial charge in [-0.05, 0) is 61.1 Å². The molecule has 2 heterocycles. The molecule has 4 rings (SSSR count). The number of nitrogen functional groups attached to an aromatic ring is 1.